The summed E-state index contributed by atoms with van der Waals surface area (Å²) < 4.78 is 36.4. The second kappa shape index (κ2) is 6.09. The topological polar surface area (TPSA) is 20.3 Å². The Morgan fingerprint density at radius 3 is 2.44 bits per heavy atom. The van der Waals surface area contributed by atoms with Gasteiger partial charge in [-0.15, -0.1) is 0 Å². The number of nitrogens with zero attached hydrogens (tertiary/aromatic N) is 1. The van der Waals surface area contributed by atoms with Gasteiger partial charge in [-0.2, -0.15) is 13.2 Å². The number of amides is 1. The van der Waals surface area contributed by atoms with Gasteiger partial charge in [0.05, 0.1) is 17.0 Å². The number of hydrogen-bond acceptors (Lipinski definition) is 1. The van der Waals surface area contributed by atoms with Crippen LogP contribution in [-0.2, 0) is 0 Å². The summed E-state index contributed by atoms with van der Waals surface area (Å²) in [6.45, 7) is 1.48. The van der Waals surface area contributed by atoms with Gasteiger partial charge in [-0.1, -0.05) is 23.7 Å². The summed E-state index contributed by atoms with van der Waals surface area (Å²) >= 11 is 5.84. The molecule has 18 heavy (non-hydrogen) atoms. The molecule has 0 bridgehead atoms. The number of carbonyl (C=O) groups excluding carboxylic acids is 1. The van der Waals surface area contributed by atoms with Crippen molar-refractivity contribution in [2.45, 2.75) is 19.5 Å². The molecule has 1 rings (SSSR count). The van der Waals surface area contributed by atoms with Crippen LogP contribution in [0.5, 0.6) is 0 Å². The van der Waals surface area contributed by atoms with Crippen LogP contribution in [0.2, 0.25) is 5.02 Å². The fourth-order valence-corrected chi connectivity index (χ4v) is 1.69. The first-order valence-electron chi connectivity index (χ1n) is 5.45. The molecule has 0 spiro atoms. The summed E-state index contributed by atoms with van der Waals surface area (Å²) in [6, 6.07) is 6.31. The van der Waals surface area contributed by atoms with Gasteiger partial charge in [0.1, 0.15) is 0 Å². The summed E-state index contributed by atoms with van der Waals surface area (Å²) in [7, 11) is 0. The summed E-state index contributed by atoms with van der Waals surface area (Å²) in [4.78, 5) is 13.1. The lowest BCUT2D eigenvalue weighted by molar-refractivity contribution is -0.136. The Labute approximate surface area is 108 Å². The minimum Gasteiger partial charge on any atom is -0.339 e. The van der Waals surface area contributed by atoms with Gasteiger partial charge in [0.15, 0.2) is 0 Å². The maximum Gasteiger partial charge on any atom is 0.390 e. The maximum absolute atomic E-state index is 12.1. The lowest BCUT2D eigenvalue weighted by Gasteiger charge is -2.22. The fraction of sp³-hybridized carbons (Fsp3) is 0.417. The van der Waals surface area contributed by atoms with Crippen LogP contribution < -0.4 is 0 Å². The normalized spacial score (nSPS) is 11.4. The van der Waals surface area contributed by atoms with Crippen molar-refractivity contribution < 1.29 is 18.0 Å². The first-order valence-corrected chi connectivity index (χ1v) is 5.83. The molecule has 0 aliphatic heterocycles. The minimum absolute atomic E-state index is 0.208. The Balaban J connectivity index is 2.77. The van der Waals surface area contributed by atoms with Gasteiger partial charge in [-0.25, -0.2) is 0 Å². The highest BCUT2D eigenvalue weighted by molar-refractivity contribution is 6.33. The zero-order valence-corrected chi connectivity index (χ0v) is 10.6. The van der Waals surface area contributed by atoms with Crippen molar-refractivity contribution in [2.24, 2.45) is 0 Å². The average molecular weight is 280 g/mol. The Morgan fingerprint density at radius 1 is 1.33 bits per heavy atom. The lowest BCUT2D eigenvalue weighted by Crippen LogP contribution is -2.34. The summed E-state index contributed by atoms with van der Waals surface area (Å²) in [6.07, 6.45) is -5.29. The molecular weight excluding hydrogens is 267 g/mol. The molecular formula is C12H13ClF3NO. The van der Waals surface area contributed by atoms with Crippen molar-refractivity contribution in [3.05, 3.63) is 34.9 Å². The zero-order chi connectivity index (χ0) is 13.8. The summed E-state index contributed by atoms with van der Waals surface area (Å²) in [5.41, 5.74) is 0.225. The molecule has 0 aromatic heterocycles. The lowest BCUT2D eigenvalue weighted by atomic mass is 10.2. The number of halogens is 4. The van der Waals surface area contributed by atoms with Crippen LogP contribution in [0.4, 0.5) is 13.2 Å². The first-order chi connectivity index (χ1) is 8.35. The predicted molar refractivity (Wildman–Crippen MR) is 63.7 cm³/mol. The van der Waals surface area contributed by atoms with E-state index in [-0.39, 0.29) is 23.7 Å². The van der Waals surface area contributed by atoms with E-state index in [2.05, 4.69) is 0 Å². The van der Waals surface area contributed by atoms with E-state index in [1.807, 2.05) is 0 Å². The largest absolute Gasteiger partial charge is 0.390 e. The van der Waals surface area contributed by atoms with Crippen molar-refractivity contribution in [2.75, 3.05) is 13.1 Å². The fourth-order valence-electron chi connectivity index (χ4n) is 1.47. The molecule has 0 N–H and O–H groups in total. The third-order valence-electron chi connectivity index (χ3n) is 2.44. The molecule has 0 saturated carbocycles. The van der Waals surface area contributed by atoms with Crippen LogP contribution in [-0.4, -0.2) is 30.1 Å². The molecule has 2 nitrogen and oxygen atoms in total. The van der Waals surface area contributed by atoms with Gasteiger partial charge in [-0.05, 0) is 19.1 Å². The molecule has 6 heteroatoms. The Kier molecular flexibility index (Phi) is 5.02. The molecule has 0 atom stereocenters. The molecule has 1 aromatic rings. The number of carbonyl (C=O) groups is 1. The highest BCUT2D eigenvalue weighted by Gasteiger charge is 2.29. The van der Waals surface area contributed by atoms with Crippen LogP contribution in [0.15, 0.2) is 24.3 Å². The van der Waals surface area contributed by atoms with Crippen LogP contribution in [0, 0.1) is 0 Å². The van der Waals surface area contributed by atoms with E-state index in [0.717, 1.165) is 4.90 Å². The molecule has 0 heterocycles. The van der Waals surface area contributed by atoms with E-state index < -0.39 is 18.5 Å². The van der Waals surface area contributed by atoms with Crippen molar-refractivity contribution in [1.82, 2.24) is 4.90 Å². The minimum atomic E-state index is -4.27. The third kappa shape index (κ3) is 4.22. The number of hydrogen-bond donors (Lipinski definition) is 0. The van der Waals surface area contributed by atoms with E-state index in [4.69, 9.17) is 11.6 Å². The Hall–Kier alpha value is -1.23. The average Bonchev–Trinajstić information content (AvgIpc) is 2.28. The van der Waals surface area contributed by atoms with E-state index in [9.17, 15) is 18.0 Å². The molecule has 0 radical (unpaired) electrons. The van der Waals surface area contributed by atoms with E-state index >= 15 is 0 Å². The summed E-state index contributed by atoms with van der Waals surface area (Å²) in [5.74, 6) is -0.479. The van der Waals surface area contributed by atoms with Crippen molar-refractivity contribution in [3.8, 4) is 0 Å². The van der Waals surface area contributed by atoms with Gasteiger partial charge in [0.2, 0.25) is 0 Å². The van der Waals surface area contributed by atoms with Crippen LogP contribution in [0.3, 0.4) is 0 Å². The Bertz CT molecular complexity index is 420. The number of alkyl halides is 3. The van der Waals surface area contributed by atoms with Gasteiger partial charge in [-0.3, -0.25) is 4.79 Å². The highest BCUT2D eigenvalue weighted by atomic mass is 35.5. The SMILES string of the molecule is CCN(CCC(F)(F)F)C(=O)c1ccccc1Cl. The molecule has 0 unspecified atom stereocenters. The monoisotopic (exact) mass is 279 g/mol. The molecule has 0 aliphatic rings. The zero-order valence-electron chi connectivity index (χ0n) is 9.80. The molecule has 0 saturated heterocycles. The van der Waals surface area contributed by atoms with Gasteiger partial charge in [0, 0.05) is 13.1 Å². The number of rotatable bonds is 4. The van der Waals surface area contributed by atoms with Gasteiger partial charge >= 0.3 is 6.18 Å². The molecule has 1 amide bonds. The third-order valence-corrected chi connectivity index (χ3v) is 2.77. The molecule has 100 valence electrons. The predicted octanol–water partition coefficient (Wildman–Crippen LogP) is 3.75. The highest BCUT2D eigenvalue weighted by Crippen LogP contribution is 2.22. The van der Waals surface area contributed by atoms with Gasteiger partial charge < -0.3 is 4.90 Å². The van der Waals surface area contributed by atoms with Crippen molar-refractivity contribution >= 4 is 17.5 Å². The van der Waals surface area contributed by atoms with Crippen LogP contribution in [0.25, 0.3) is 0 Å². The summed E-state index contributed by atoms with van der Waals surface area (Å²) in [5, 5.41) is 0.243. The second-order valence-corrected chi connectivity index (χ2v) is 4.14. The van der Waals surface area contributed by atoms with Crippen molar-refractivity contribution in [3.63, 3.8) is 0 Å². The van der Waals surface area contributed by atoms with Gasteiger partial charge in [0.25, 0.3) is 5.91 Å². The molecule has 1 aromatic carbocycles. The quantitative estimate of drug-likeness (QED) is 0.822. The smallest absolute Gasteiger partial charge is 0.339 e. The Morgan fingerprint density at radius 2 is 1.94 bits per heavy atom. The molecule has 0 fully saturated rings. The van der Waals surface area contributed by atoms with E-state index in [0.29, 0.717) is 0 Å². The van der Waals surface area contributed by atoms with E-state index in [1.165, 1.54) is 12.1 Å². The van der Waals surface area contributed by atoms with Crippen LogP contribution >= 0.6 is 11.6 Å². The van der Waals surface area contributed by atoms with E-state index in [1.54, 1.807) is 19.1 Å². The second-order valence-electron chi connectivity index (χ2n) is 3.73. The first kappa shape index (κ1) is 14.8. The maximum atomic E-state index is 12.1. The van der Waals surface area contributed by atoms with Crippen molar-refractivity contribution in [1.29, 1.82) is 0 Å². The standard InChI is InChI=1S/C12H13ClF3NO/c1-2-17(8-7-12(14,15)16)11(18)9-5-3-4-6-10(9)13/h3-6H,2,7-8H2,1H3. The number of benzene rings is 1. The molecule has 0 aliphatic carbocycles. The van der Waals surface area contributed by atoms with Crippen LogP contribution in [0.1, 0.15) is 23.7 Å².